The number of halogens is 4. The maximum absolute atomic E-state index is 12.8. The van der Waals surface area contributed by atoms with Crippen LogP contribution in [0, 0.1) is 0 Å². The number of carbonyl (C=O) groups excluding carboxylic acids is 1. The van der Waals surface area contributed by atoms with Crippen molar-refractivity contribution in [2.45, 2.75) is 12.8 Å². The van der Waals surface area contributed by atoms with Gasteiger partial charge in [0.15, 0.2) is 11.3 Å². The van der Waals surface area contributed by atoms with Crippen molar-refractivity contribution in [3.05, 3.63) is 58.9 Å². The van der Waals surface area contributed by atoms with Crippen LogP contribution in [0.3, 0.4) is 0 Å². The van der Waals surface area contributed by atoms with Gasteiger partial charge in [-0.15, -0.1) is 0 Å². The highest BCUT2D eigenvalue weighted by molar-refractivity contribution is 6.33. The number of pyridine rings is 2. The molecule has 0 radical (unpaired) electrons. The molecule has 15 heteroatoms. The molecule has 4 heterocycles. The zero-order chi connectivity index (χ0) is 26.6. The van der Waals surface area contributed by atoms with E-state index in [4.69, 9.17) is 21.4 Å². The second-order valence-electron chi connectivity index (χ2n) is 7.47. The number of rotatable bonds is 8. The first kappa shape index (κ1) is 26.1. The number of methoxy groups -OCH3 is 1. The number of anilines is 2. The fourth-order valence-electron chi connectivity index (χ4n) is 3.18. The van der Waals surface area contributed by atoms with E-state index in [-0.39, 0.29) is 53.2 Å². The molecule has 4 rings (SSSR count). The highest BCUT2D eigenvalue weighted by Gasteiger charge is 2.32. The minimum Gasteiger partial charge on any atom is -0.395 e. The molecule has 1 amide bonds. The molecule has 0 saturated carbocycles. The van der Waals surface area contributed by atoms with Gasteiger partial charge in [-0.05, 0) is 12.1 Å². The summed E-state index contributed by atoms with van der Waals surface area (Å²) in [6.45, 7) is -0.0118. The normalized spacial score (nSPS) is 11.5. The predicted molar refractivity (Wildman–Crippen MR) is 126 cm³/mol. The summed E-state index contributed by atoms with van der Waals surface area (Å²) in [5, 5.41) is 14.4. The summed E-state index contributed by atoms with van der Waals surface area (Å²) >= 11 is 6.35. The Labute approximate surface area is 212 Å². The summed E-state index contributed by atoms with van der Waals surface area (Å²) in [5.41, 5.74) is 0.875. The molecular weight excluding hydrogens is 517 g/mol. The molecule has 0 bridgehead atoms. The van der Waals surface area contributed by atoms with E-state index in [0.717, 1.165) is 6.20 Å². The number of alkyl halides is 3. The summed E-state index contributed by atoms with van der Waals surface area (Å²) in [6.07, 6.45) is -0.338. The first-order chi connectivity index (χ1) is 17.7. The maximum atomic E-state index is 12.8. The number of carbonyl (C=O) groups is 1. The molecule has 0 unspecified atom stereocenters. The zero-order valence-corrected chi connectivity index (χ0v) is 19.8. The molecule has 0 atom stereocenters. The Kier molecular flexibility index (Phi) is 7.71. The highest BCUT2D eigenvalue weighted by Crippen LogP contribution is 2.30. The fourth-order valence-corrected chi connectivity index (χ4v) is 3.44. The van der Waals surface area contributed by atoms with Gasteiger partial charge in [0, 0.05) is 19.9 Å². The Bertz CT molecular complexity index is 1440. The number of nitrogens with zero attached hydrogens (tertiary/aromatic N) is 6. The Morgan fingerprint density at radius 2 is 1.89 bits per heavy atom. The molecule has 0 aromatic carbocycles. The van der Waals surface area contributed by atoms with Crippen molar-refractivity contribution < 1.29 is 27.8 Å². The highest BCUT2D eigenvalue weighted by atomic mass is 35.5. The number of amides is 1. The van der Waals surface area contributed by atoms with Crippen molar-refractivity contribution in [3.63, 3.8) is 0 Å². The third kappa shape index (κ3) is 6.04. The summed E-state index contributed by atoms with van der Waals surface area (Å²) in [6, 6.07) is 3.01. The van der Waals surface area contributed by atoms with Crippen LogP contribution in [0.5, 0.6) is 0 Å². The van der Waals surface area contributed by atoms with E-state index in [0.29, 0.717) is 23.1 Å². The SMILES string of the molecule is COCc1cc(Nc2cnc(C(F)(F)F)cn2)c2ncc(-c3ncc(C(=O)NCCO)cc3Cl)nc2n1. The molecule has 4 aromatic rings. The van der Waals surface area contributed by atoms with Crippen LogP contribution in [0.4, 0.5) is 24.7 Å². The molecule has 192 valence electrons. The van der Waals surface area contributed by atoms with Crippen molar-refractivity contribution in [1.82, 2.24) is 35.2 Å². The first-order valence-electron chi connectivity index (χ1n) is 10.6. The Balaban J connectivity index is 1.69. The topological polar surface area (TPSA) is 148 Å². The van der Waals surface area contributed by atoms with Gasteiger partial charge < -0.3 is 20.5 Å². The molecule has 0 aliphatic heterocycles. The lowest BCUT2D eigenvalue weighted by molar-refractivity contribution is -0.141. The van der Waals surface area contributed by atoms with Crippen molar-refractivity contribution in [2.75, 3.05) is 25.6 Å². The van der Waals surface area contributed by atoms with Gasteiger partial charge in [0.1, 0.15) is 22.7 Å². The molecule has 37 heavy (non-hydrogen) atoms. The van der Waals surface area contributed by atoms with Gasteiger partial charge in [-0.25, -0.2) is 24.9 Å². The predicted octanol–water partition coefficient (Wildman–Crippen LogP) is 3.16. The molecule has 3 N–H and O–H groups in total. The Morgan fingerprint density at radius 3 is 2.54 bits per heavy atom. The number of ether oxygens (including phenoxy) is 1. The second-order valence-corrected chi connectivity index (χ2v) is 7.87. The summed E-state index contributed by atoms with van der Waals surface area (Å²) in [4.78, 5) is 36.8. The van der Waals surface area contributed by atoms with Crippen LogP contribution >= 0.6 is 11.6 Å². The van der Waals surface area contributed by atoms with Crippen LogP contribution in [0.25, 0.3) is 22.6 Å². The van der Waals surface area contributed by atoms with Crippen molar-refractivity contribution in [1.29, 1.82) is 0 Å². The van der Waals surface area contributed by atoms with Crippen molar-refractivity contribution >= 4 is 40.2 Å². The molecule has 4 aromatic heterocycles. The van der Waals surface area contributed by atoms with Gasteiger partial charge in [-0.2, -0.15) is 13.2 Å². The average molecular weight is 535 g/mol. The molecule has 0 fully saturated rings. The van der Waals surface area contributed by atoms with Crippen LogP contribution < -0.4 is 10.6 Å². The van der Waals surface area contributed by atoms with Gasteiger partial charge in [-0.1, -0.05) is 11.6 Å². The van der Waals surface area contributed by atoms with Crippen LogP contribution in [0.15, 0.2) is 36.9 Å². The number of aromatic nitrogens is 6. The van der Waals surface area contributed by atoms with E-state index in [1.165, 1.54) is 25.6 Å². The van der Waals surface area contributed by atoms with Gasteiger partial charge >= 0.3 is 6.18 Å². The Morgan fingerprint density at radius 1 is 1.08 bits per heavy atom. The average Bonchev–Trinajstić information content (AvgIpc) is 2.87. The maximum Gasteiger partial charge on any atom is 0.434 e. The molecule has 0 saturated heterocycles. The molecular formula is C22H18ClF3N8O3. The van der Waals surface area contributed by atoms with E-state index < -0.39 is 17.8 Å². The van der Waals surface area contributed by atoms with Gasteiger partial charge in [0.25, 0.3) is 5.91 Å². The zero-order valence-electron chi connectivity index (χ0n) is 19.0. The van der Waals surface area contributed by atoms with E-state index in [1.54, 1.807) is 6.07 Å². The van der Waals surface area contributed by atoms with Crippen LogP contribution in [0.1, 0.15) is 21.7 Å². The minimum atomic E-state index is -4.61. The first-order valence-corrected chi connectivity index (χ1v) is 10.9. The number of aliphatic hydroxyl groups is 1. The second kappa shape index (κ2) is 10.9. The molecule has 0 aliphatic rings. The molecule has 0 spiro atoms. The molecule has 11 nitrogen and oxygen atoms in total. The lowest BCUT2D eigenvalue weighted by Gasteiger charge is -2.12. The number of nitrogens with one attached hydrogen (secondary N) is 2. The number of hydrogen-bond donors (Lipinski definition) is 3. The van der Waals surface area contributed by atoms with Gasteiger partial charge in [-0.3, -0.25) is 9.78 Å². The minimum absolute atomic E-state index is 0.0505. The number of aliphatic hydroxyl groups excluding tert-OH is 1. The van der Waals surface area contributed by atoms with E-state index in [9.17, 15) is 18.0 Å². The van der Waals surface area contributed by atoms with Gasteiger partial charge in [0.2, 0.25) is 0 Å². The van der Waals surface area contributed by atoms with E-state index in [2.05, 4.69) is 40.5 Å². The fraction of sp³-hybridized carbons (Fsp3) is 0.227. The Hall–Kier alpha value is -4.01. The van der Waals surface area contributed by atoms with E-state index in [1.807, 2.05) is 0 Å². The summed E-state index contributed by atoms with van der Waals surface area (Å²) < 4.78 is 43.6. The van der Waals surface area contributed by atoms with Crippen molar-refractivity contribution in [2.24, 2.45) is 0 Å². The van der Waals surface area contributed by atoms with Crippen LogP contribution in [-0.2, 0) is 17.5 Å². The smallest absolute Gasteiger partial charge is 0.395 e. The van der Waals surface area contributed by atoms with Crippen LogP contribution in [-0.4, -0.2) is 61.2 Å². The number of fused-ring (bicyclic) bond motifs is 1. The monoisotopic (exact) mass is 534 g/mol. The van der Waals surface area contributed by atoms with Crippen molar-refractivity contribution in [3.8, 4) is 11.4 Å². The summed E-state index contributed by atoms with van der Waals surface area (Å²) in [7, 11) is 1.48. The van der Waals surface area contributed by atoms with Gasteiger partial charge in [0.05, 0.1) is 53.8 Å². The third-order valence-electron chi connectivity index (χ3n) is 4.81. The third-order valence-corrected chi connectivity index (χ3v) is 5.10. The number of hydrogen-bond acceptors (Lipinski definition) is 10. The standard InChI is InChI=1S/C22H18ClF3N8O3/c1-37-10-12-5-14(33-17-9-28-16(8-29-17)22(24,25)26)19-20(32-12)34-15(7-31-19)18-13(23)4-11(6-30-18)21(36)27-2-3-35/h4-9,35H,2-3,10H2,1H3,(H,27,36)(H,29,32,33,34). The largest absolute Gasteiger partial charge is 0.434 e. The lowest BCUT2D eigenvalue weighted by Crippen LogP contribution is -2.26. The quantitative estimate of drug-likeness (QED) is 0.308. The summed E-state index contributed by atoms with van der Waals surface area (Å²) in [5.74, 6) is -0.401. The van der Waals surface area contributed by atoms with E-state index >= 15 is 0 Å². The lowest BCUT2D eigenvalue weighted by atomic mass is 10.2. The van der Waals surface area contributed by atoms with Crippen LogP contribution in [0.2, 0.25) is 5.02 Å². The molecule has 0 aliphatic carbocycles.